The minimum Gasteiger partial charge on any atom is -0.390 e. The van der Waals surface area contributed by atoms with Crippen molar-refractivity contribution in [1.29, 1.82) is 0 Å². The molecule has 2 aliphatic rings. The third kappa shape index (κ3) is 3.35. The second-order valence-corrected chi connectivity index (χ2v) is 9.10. The Balaban J connectivity index is 1.46. The number of aromatic amines is 1. The number of nitrogens with zero attached hydrogens (tertiary/aromatic N) is 4. The fourth-order valence-corrected chi connectivity index (χ4v) is 5.18. The van der Waals surface area contributed by atoms with Crippen LogP contribution in [0.4, 0.5) is 5.82 Å². The number of halogens is 1. The lowest BCUT2D eigenvalue weighted by Crippen LogP contribution is -2.41. The van der Waals surface area contributed by atoms with Crippen LogP contribution in [0.3, 0.4) is 0 Å². The van der Waals surface area contributed by atoms with Crippen LogP contribution < -0.4 is 4.90 Å². The van der Waals surface area contributed by atoms with E-state index in [1.54, 1.807) is 6.20 Å². The number of aromatic nitrogens is 4. The number of H-pyrrole nitrogens is 1. The monoisotopic (exact) mass is 427 g/mol. The molecule has 0 saturated carbocycles. The molecule has 1 aromatic carbocycles. The van der Waals surface area contributed by atoms with E-state index in [2.05, 4.69) is 22.0 Å². The zero-order valence-electron chi connectivity index (χ0n) is 17.3. The number of hydrogen-bond acceptors (Lipinski definition) is 6. The van der Waals surface area contributed by atoms with Crippen molar-refractivity contribution in [3.8, 4) is 11.3 Å². The predicted octanol–water partition coefficient (Wildman–Crippen LogP) is 3.87. The highest BCUT2D eigenvalue weighted by Gasteiger charge is 2.41. The lowest BCUT2D eigenvalue weighted by molar-refractivity contribution is 0.0975. The topological polar surface area (TPSA) is 87.2 Å². The van der Waals surface area contributed by atoms with Gasteiger partial charge in [0, 0.05) is 24.0 Å². The van der Waals surface area contributed by atoms with E-state index in [9.17, 15) is 5.11 Å². The Labute approximate surface area is 180 Å². The van der Waals surface area contributed by atoms with E-state index in [1.165, 1.54) is 0 Å². The minimum atomic E-state index is -0.155. The molecule has 5 rings (SSSR count). The Morgan fingerprint density at radius 3 is 2.80 bits per heavy atom. The van der Waals surface area contributed by atoms with E-state index in [0.717, 1.165) is 72.6 Å². The van der Waals surface area contributed by atoms with Gasteiger partial charge in [-0.05, 0) is 50.7 Å². The van der Waals surface area contributed by atoms with Crippen LogP contribution in [0.2, 0.25) is 5.02 Å². The SMILES string of the molecule is Cc1nc(N2CCC3(CC2)CO[C@@H](C)C3)c(CO)nc1-c1cc(Cl)c2cn[nH]c2c1. The van der Waals surface area contributed by atoms with Crippen molar-refractivity contribution in [2.24, 2.45) is 5.41 Å². The Morgan fingerprint density at radius 2 is 2.10 bits per heavy atom. The van der Waals surface area contributed by atoms with Gasteiger partial charge < -0.3 is 14.7 Å². The summed E-state index contributed by atoms with van der Waals surface area (Å²) in [4.78, 5) is 11.9. The van der Waals surface area contributed by atoms with E-state index in [-0.39, 0.29) is 6.61 Å². The number of benzene rings is 1. The first-order valence-electron chi connectivity index (χ1n) is 10.5. The van der Waals surface area contributed by atoms with E-state index in [4.69, 9.17) is 26.3 Å². The number of aliphatic hydroxyl groups is 1. The number of rotatable bonds is 3. The van der Waals surface area contributed by atoms with Gasteiger partial charge in [-0.15, -0.1) is 0 Å². The number of aryl methyl sites for hydroxylation is 1. The van der Waals surface area contributed by atoms with E-state index in [0.29, 0.717) is 22.2 Å². The van der Waals surface area contributed by atoms with Crippen LogP contribution in [-0.2, 0) is 11.3 Å². The van der Waals surface area contributed by atoms with Gasteiger partial charge in [0.1, 0.15) is 5.69 Å². The highest BCUT2D eigenvalue weighted by Crippen LogP contribution is 2.43. The summed E-state index contributed by atoms with van der Waals surface area (Å²) in [7, 11) is 0. The molecule has 2 aliphatic heterocycles. The Morgan fingerprint density at radius 1 is 1.30 bits per heavy atom. The summed E-state index contributed by atoms with van der Waals surface area (Å²) in [5.41, 5.74) is 4.15. The molecule has 0 aliphatic carbocycles. The fraction of sp³-hybridized carbons (Fsp3) is 0.500. The van der Waals surface area contributed by atoms with E-state index >= 15 is 0 Å². The van der Waals surface area contributed by atoms with Crippen LogP contribution >= 0.6 is 11.6 Å². The molecular weight excluding hydrogens is 402 g/mol. The minimum absolute atomic E-state index is 0.155. The van der Waals surface area contributed by atoms with Crippen molar-refractivity contribution in [2.75, 3.05) is 24.6 Å². The van der Waals surface area contributed by atoms with Crippen LogP contribution in [0, 0.1) is 12.3 Å². The normalized spacial score (nSPS) is 21.1. The maximum Gasteiger partial charge on any atom is 0.153 e. The van der Waals surface area contributed by atoms with Crippen molar-refractivity contribution in [2.45, 2.75) is 45.8 Å². The standard InChI is InChI=1S/C22H26ClN5O2/c1-13-9-22(12-30-13)3-5-28(6-4-22)21-19(11-29)26-20(14(2)25-21)15-7-17(23)16-10-24-27-18(16)8-15/h7-8,10,13,29H,3-6,9,11-12H2,1-2H3,(H,24,27)/t13-/m0/s1. The number of ether oxygens (including phenoxy) is 1. The lowest BCUT2D eigenvalue weighted by atomic mass is 9.77. The van der Waals surface area contributed by atoms with Gasteiger partial charge in [-0.3, -0.25) is 5.10 Å². The molecule has 2 fully saturated rings. The second kappa shape index (κ2) is 7.48. The molecule has 7 nitrogen and oxygen atoms in total. The third-order valence-electron chi connectivity index (χ3n) is 6.57. The summed E-state index contributed by atoms with van der Waals surface area (Å²) in [6.45, 7) is 6.62. The summed E-state index contributed by atoms with van der Waals surface area (Å²) >= 11 is 6.43. The molecular formula is C22H26ClN5O2. The molecule has 0 unspecified atom stereocenters. The molecule has 3 aromatic rings. The second-order valence-electron chi connectivity index (χ2n) is 8.69. The summed E-state index contributed by atoms with van der Waals surface area (Å²) in [5.74, 6) is 0.786. The zero-order valence-corrected chi connectivity index (χ0v) is 18.0. The van der Waals surface area contributed by atoms with E-state index in [1.807, 2.05) is 19.1 Å². The first-order chi connectivity index (χ1) is 14.5. The molecule has 8 heteroatoms. The van der Waals surface area contributed by atoms with Gasteiger partial charge in [-0.2, -0.15) is 5.10 Å². The number of nitrogens with one attached hydrogen (secondary N) is 1. The molecule has 4 heterocycles. The first-order valence-corrected chi connectivity index (χ1v) is 10.8. The van der Waals surface area contributed by atoms with Crippen molar-refractivity contribution in [3.63, 3.8) is 0 Å². The average Bonchev–Trinajstić information content (AvgIpc) is 3.35. The quantitative estimate of drug-likeness (QED) is 0.659. The first kappa shape index (κ1) is 19.7. The van der Waals surface area contributed by atoms with Gasteiger partial charge in [-0.25, -0.2) is 9.97 Å². The molecule has 2 N–H and O–H groups in total. The summed E-state index contributed by atoms with van der Waals surface area (Å²) in [6, 6.07) is 3.85. The molecule has 0 radical (unpaired) electrons. The van der Waals surface area contributed by atoms with Crippen molar-refractivity contribution < 1.29 is 9.84 Å². The molecule has 2 saturated heterocycles. The van der Waals surface area contributed by atoms with E-state index < -0.39 is 0 Å². The van der Waals surface area contributed by atoms with Crippen LogP contribution in [0.25, 0.3) is 22.2 Å². The highest BCUT2D eigenvalue weighted by molar-refractivity contribution is 6.35. The maximum absolute atomic E-state index is 10.1. The summed E-state index contributed by atoms with van der Waals surface area (Å²) in [6.07, 6.45) is 5.35. The molecule has 1 spiro atoms. The molecule has 158 valence electrons. The lowest BCUT2D eigenvalue weighted by Gasteiger charge is -2.39. The maximum atomic E-state index is 10.1. The van der Waals surface area contributed by atoms with Gasteiger partial charge in [0.15, 0.2) is 5.82 Å². The number of piperidine rings is 1. The van der Waals surface area contributed by atoms with Gasteiger partial charge in [0.2, 0.25) is 0 Å². The molecule has 0 amide bonds. The number of hydrogen-bond donors (Lipinski definition) is 2. The van der Waals surface area contributed by atoms with Crippen molar-refractivity contribution in [1.82, 2.24) is 20.2 Å². The largest absolute Gasteiger partial charge is 0.390 e. The van der Waals surface area contributed by atoms with Gasteiger partial charge >= 0.3 is 0 Å². The summed E-state index contributed by atoms with van der Waals surface area (Å²) in [5, 5.41) is 18.6. The average molecular weight is 428 g/mol. The number of aliphatic hydroxyl groups excluding tert-OH is 1. The molecule has 30 heavy (non-hydrogen) atoms. The fourth-order valence-electron chi connectivity index (χ4n) is 4.91. The summed E-state index contributed by atoms with van der Waals surface area (Å²) < 4.78 is 5.85. The van der Waals surface area contributed by atoms with Crippen LogP contribution in [0.1, 0.15) is 37.6 Å². The predicted molar refractivity (Wildman–Crippen MR) is 117 cm³/mol. The van der Waals surface area contributed by atoms with Gasteiger partial charge in [0.05, 0.1) is 47.4 Å². The zero-order chi connectivity index (χ0) is 20.9. The Hall–Kier alpha value is -2.22. The van der Waals surface area contributed by atoms with Crippen LogP contribution in [0.5, 0.6) is 0 Å². The van der Waals surface area contributed by atoms with Crippen LogP contribution in [0.15, 0.2) is 18.3 Å². The smallest absolute Gasteiger partial charge is 0.153 e. The van der Waals surface area contributed by atoms with Crippen molar-refractivity contribution >= 4 is 28.3 Å². The number of anilines is 1. The van der Waals surface area contributed by atoms with Gasteiger partial charge in [0.25, 0.3) is 0 Å². The molecule has 1 atom stereocenters. The third-order valence-corrected chi connectivity index (χ3v) is 6.88. The van der Waals surface area contributed by atoms with Crippen LogP contribution in [-0.4, -0.2) is 51.1 Å². The highest BCUT2D eigenvalue weighted by atomic mass is 35.5. The molecule has 2 aromatic heterocycles. The molecule has 0 bridgehead atoms. The Bertz CT molecular complexity index is 1090. The van der Waals surface area contributed by atoms with Gasteiger partial charge in [-0.1, -0.05) is 11.6 Å². The Kier molecular flexibility index (Phi) is 4.92. The number of fused-ring (bicyclic) bond motifs is 1. The van der Waals surface area contributed by atoms with Crippen molar-refractivity contribution in [3.05, 3.63) is 34.7 Å².